The second-order valence-corrected chi connectivity index (χ2v) is 6.85. The molecule has 0 bridgehead atoms. The van der Waals surface area contributed by atoms with Gasteiger partial charge in [0.2, 0.25) is 0 Å². The van der Waals surface area contributed by atoms with Crippen LogP contribution in [0, 0.1) is 5.92 Å². The molecule has 6 heteroatoms. The van der Waals surface area contributed by atoms with Crippen LogP contribution in [0.15, 0.2) is 24.3 Å². The van der Waals surface area contributed by atoms with Gasteiger partial charge in [-0.05, 0) is 30.0 Å². The second kappa shape index (κ2) is 10.3. The lowest BCUT2D eigenvalue weighted by atomic mass is 10.0. The van der Waals surface area contributed by atoms with E-state index in [9.17, 15) is 4.79 Å². The molecule has 1 atom stereocenters. The van der Waals surface area contributed by atoms with Gasteiger partial charge in [0.15, 0.2) is 0 Å². The molecular formula is C19H31N3O3. The molecule has 140 valence electrons. The minimum atomic E-state index is -0.134. The molecule has 2 amide bonds. The summed E-state index contributed by atoms with van der Waals surface area (Å²) in [5, 5.41) is 5.93. The Morgan fingerprint density at radius 1 is 1.28 bits per heavy atom. The number of nitrogens with one attached hydrogen (secondary N) is 2. The normalized spacial score (nSPS) is 16.5. The Balaban J connectivity index is 1.79. The van der Waals surface area contributed by atoms with Crippen LogP contribution in [-0.4, -0.2) is 56.9 Å². The molecule has 25 heavy (non-hydrogen) atoms. The maximum Gasteiger partial charge on any atom is 0.315 e. The number of carbonyl (C=O) groups excluding carboxylic acids is 1. The summed E-state index contributed by atoms with van der Waals surface area (Å²) in [6.45, 7) is 8.99. The Hall–Kier alpha value is -1.79. The number of urea groups is 1. The smallest absolute Gasteiger partial charge is 0.315 e. The summed E-state index contributed by atoms with van der Waals surface area (Å²) in [4.78, 5) is 14.6. The van der Waals surface area contributed by atoms with E-state index in [0.717, 1.165) is 44.0 Å². The Morgan fingerprint density at radius 3 is 2.72 bits per heavy atom. The van der Waals surface area contributed by atoms with Gasteiger partial charge in [-0.25, -0.2) is 4.79 Å². The molecule has 6 nitrogen and oxygen atoms in total. The Morgan fingerprint density at radius 2 is 2.04 bits per heavy atom. The fourth-order valence-electron chi connectivity index (χ4n) is 3.09. The molecular weight excluding hydrogens is 318 g/mol. The van der Waals surface area contributed by atoms with Crippen molar-refractivity contribution in [2.75, 3.05) is 40.0 Å². The zero-order valence-corrected chi connectivity index (χ0v) is 15.6. The predicted molar refractivity (Wildman–Crippen MR) is 98.9 cm³/mol. The Labute approximate surface area is 150 Å². The van der Waals surface area contributed by atoms with Crippen molar-refractivity contribution >= 4 is 6.03 Å². The van der Waals surface area contributed by atoms with Crippen molar-refractivity contribution in [3.8, 4) is 5.75 Å². The van der Waals surface area contributed by atoms with Gasteiger partial charge in [0, 0.05) is 32.2 Å². The highest BCUT2D eigenvalue weighted by atomic mass is 16.5. The molecule has 0 saturated carbocycles. The molecule has 1 heterocycles. The molecule has 1 fully saturated rings. The predicted octanol–water partition coefficient (Wildman–Crippen LogP) is 2.24. The zero-order valence-electron chi connectivity index (χ0n) is 15.6. The van der Waals surface area contributed by atoms with Crippen LogP contribution in [0.3, 0.4) is 0 Å². The number of nitrogens with zero attached hydrogens (tertiary/aromatic N) is 1. The van der Waals surface area contributed by atoms with Gasteiger partial charge in [-0.15, -0.1) is 0 Å². The van der Waals surface area contributed by atoms with Crippen LogP contribution in [0.25, 0.3) is 0 Å². The number of rotatable bonds is 8. The zero-order chi connectivity index (χ0) is 18.1. The third-order valence-electron chi connectivity index (χ3n) is 4.39. The third-order valence-corrected chi connectivity index (χ3v) is 4.39. The molecule has 1 aromatic carbocycles. The summed E-state index contributed by atoms with van der Waals surface area (Å²) in [7, 11) is 1.64. The summed E-state index contributed by atoms with van der Waals surface area (Å²) >= 11 is 0. The van der Waals surface area contributed by atoms with Crippen molar-refractivity contribution in [1.29, 1.82) is 0 Å². The van der Waals surface area contributed by atoms with Crippen LogP contribution < -0.4 is 15.4 Å². The van der Waals surface area contributed by atoms with E-state index in [1.54, 1.807) is 7.11 Å². The Kier molecular flexibility index (Phi) is 8.01. The van der Waals surface area contributed by atoms with E-state index in [-0.39, 0.29) is 6.03 Å². The first-order valence-electron chi connectivity index (χ1n) is 9.05. The van der Waals surface area contributed by atoms with Gasteiger partial charge in [0.05, 0.1) is 20.3 Å². The van der Waals surface area contributed by atoms with E-state index in [0.29, 0.717) is 25.0 Å². The standard InChI is InChI=1S/C19H31N3O3/c1-15(2)11-17(22-7-9-25-10-8-22)14-21-19(23)20-13-16-5-4-6-18(12-16)24-3/h4-6,12,15,17H,7-11,13-14H2,1-3H3,(H2,20,21,23). The van der Waals surface area contributed by atoms with Crippen molar-refractivity contribution in [2.24, 2.45) is 5.92 Å². The van der Waals surface area contributed by atoms with E-state index in [1.165, 1.54) is 0 Å². The van der Waals surface area contributed by atoms with Crippen LogP contribution in [0.1, 0.15) is 25.8 Å². The molecule has 1 aliphatic heterocycles. The van der Waals surface area contributed by atoms with Crippen LogP contribution in [0.4, 0.5) is 4.79 Å². The van der Waals surface area contributed by atoms with E-state index in [2.05, 4.69) is 29.4 Å². The summed E-state index contributed by atoms with van der Waals surface area (Å²) in [5.74, 6) is 1.39. The van der Waals surface area contributed by atoms with Gasteiger partial charge in [-0.2, -0.15) is 0 Å². The van der Waals surface area contributed by atoms with Crippen molar-refractivity contribution in [2.45, 2.75) is 32.9 Å². The third kappa shape index (κ3) is 6.92. The molecule has 2 N–H and O–H groups in total. The van der Waals surface area contributed by atoms with Crippen molar-refractivity contribution in [3.05, 3.63) is 29.8 Å². The van der Waals surface area contributed by atoms with Crippen LogP contribution >= 0.6 is 0 Å². The average molecular weight is 349 g/mol. The minimum absolute atomic E-state index is 0.134. The first-order chi connectivity index (χ1) is 12.1. The largest absolute Gasteiger partial charge is 0.497 e. The average Bonchev–Trinajstić information content (AvgIpc) is 2.64. The van der Waals surface area contributed by atoms with Crippen LogP contribution in [0.5, 0.6) is 5.75 Å². The van der Waals surface area contributed by atoms with Crippen molar-refractivity contribution in [3.63, 3.8) is 0 Å². The van der Waals surface area contributed by atoms with Gasteiger partial charge < -0.3 is 20.1 Å². The summed E-state index contributed by atoms with van der Waals surface area (Å²) in [6, 6.07) is 7.93. The molecule has 1 aliphatic rings. The minimum Gasteiger partial charge on any atom is -0.497 e. The fourth-order valence-corrected chi connectivity index (χ4v) is 3.09. The van der Waals surface area contributed by atoms with Crippen LogP contribution in [-0.2, 0) is 11.3 Å². The molecule has 1 aromatic rings. The first-order valence-corrected chi connectivity index (χ1v) is 9.05. The van der Waals surface area contributed by atoms with Gasteiger partial charge in [0.25, 0.3) is 0 Å². The summed E-state index contributed by atoms with van der Waals surface area (Å²) < 4.78 is 10.6. The number of ether oxygens (including phenoxy) is 2. The van der Waals surface area contributed by atoms with E-state index >= 15 is 0 Å². The quantitative estimate of drug-likeness (QED) is 0.756. The number of carbonyl (C=O) groups is 1. The maximum absolute atomic E-state index is 12.1. The second-order valence-electron chi connectivity index (χ2n) is 6.85. The van der Waals surface area contributed by atoms with E-state index in [1.807, 2.05) is 24.3 Å². The van der Waals surface area contributed by atoms with Gasteiger partial charge in [-0.3, -0.25) is 4.90 Å². The molecule has 1 saturated heterocycles. The molecule has 1 unspecified atom stereocenters. The first kappa shape index (κ1) is 19.5. The highest BCUT2D eigenvalue weighted by Crippen LogP contribution is 2.13. The maximum atomic E-state index is 12.1. The number of hydrogen-bond acceptors (Lipinski definition) is 4. The lowest BCUT2D eigenvalue weighted by Crippen LogP contribution is -2.50. The monoisotopic (exact) mass is 349 g/mol. The lowest BCUT2D eigenvalue weighted by Gasteiger charge is -2.35. The molecule has 0 aliphatic carbocycles. The molecule has 0 spiro atoms. The highest BCUT2D eigenvalue weighted by Gasteiger charge is 2.22. The number of morpholine rings is 1. The van der Waals surface area contributed by atoms with Crippen molar-refractivity contribution in [1.82, 2.24) is 15.5 Å². The Bertz CT molecular complexity index is 530. The summed E-state index contributed by atoms with van der Waals surface area (Å²) in [6.07, 6.45) is 1.07. The highest BCUT2D eigenvalue weighted by molar-refractivity contribution is 5.73. The summed E-state index contributed by atoms with van der Waals surface area (Å²) in [5.41, 5.74) is 1.02. The lowest BCUT2D eigenvalue weighted by molar-refractivity contribution is 0.0129. The van der Waals surface area contributed by atoms with Gasteiger partial charge in [-0.1, -0.05) is 26.0 Å². The number of amides is 2. The van der Waals surface area contributed by atoms with E-state index in [4.69, 9.17) is 9.47 Å². The van der Waals surface area contributed by atoms with Gasteiger partial charge in [0.1, 0.15) is 5.75 Å². The molecule has 0 radical (unpaired) electrons. The van der Waals surface area contributed by atoms with Crippen LogP contribution in [0.2, 0.25) is 0 Å². The van der Waals surface area contributed by atoms with E-state index < -0.39 is 0 Å². The number of benzene rings is 1. The fraction of sp³-hybridized carbons (Fsp3) is 0.632. The van der Waals surface area contributed by atoms with Crippen molar-refractivity contribution < 1.29 is 14.3 Å². The molecule has 0 aromatic heterocycles. The number of methoxy groups -OCH3 is 1. The SMILES string of the molecule is COc1cccc(CNC(=O)NCC(CC(C)C)N2CCOCC2)c1. The molecule has 2 rings (SSSR count). The topological polar surface area (TPSA) is 62.8 Å². The van der Waals surface area contributed by atoms with Gasteiger partial charge >= 0.3 is 6.03 Å². The number of hydrogen-bond donors (Lipinski definition) is 2.